The number of carbonyl (C=O) groups is 1. The van der Waals surface area contributed by atoms with E-state index in [2.05, 4.69) is 41.1 Å². The number of para-hydroxylation sites is 1. The fourth-order valence-corrected chi connectivity index (χ4v) is 4.03. The zero-order valence-electron chi connectivity index (χ0n) is 20.1. The fourth-order valence-electron chi connectivity index (χ4n) is 4.03. The molecule has 36 heavy (non-hydrogen) atoms. The van der Waals surface area contributed by atoms with Gasteiger partial charge >= 0.3 is 5.91 Å². The number of carbonyl (C=O) groups excluding carboxylic acids is 1. The van der Waals surface area contributed by atoms with Crippen LogP contribution in [0.15, 0.2) is 107 Å². The Kier molecular flexibility index (Phi) is 6.53. The van der Waals surface area contributed by atoms with Gasteiger partial charge in [-0.25, -0.2) is 5.43 Å². The summed E-state index contributed by atoms with van der Waals surface area (Å²) in [6, 6.07) is 29.1. The molecule has 5 rings (SSSR count). The fraction of sp³-hybridized carbons (Fsp3) is 0.103. The number of hydrogen-bond acceptors (Lipinski definition) is 4. The van der Waals surface area contributed by atoms with Crippen molar-refractivity contribution in [1.29, 1.82) is 0 Å². The van der Waals surface area contributed by atoms with Crippen molar-refractivity contribution in [2.24, 2.45) is 5.10 Å². The maximum Gasteiger partial charge on any atom is 0.307 e. The molecule has 0 fully saturated rings. The minimum absolute atomic E-state index is 0.165. The third kappa shape index (κ3) is 5.00. The van der Waals surface area contributed by atoms with Gasteiger partial charge in [-0.3, -0.25) is 4.79 Å². The van der Waals surface area contributed by atoms with E-state index in [1.165, 1.54) is 11.4 Å². The van der Waals surface area contributed by atoms with Crippen LogP contribution in [-0.4, -0.2) is 21.3 Å². The number of nitrogens with one attached hydrogen (secondary N) is 1. The maximum absolute atomic E-state index is 12.5. The highest BCUT2D eigenvalue weighted by atomic mass is 16.5. The summed E-state index contributed by atoms with van der Waals surface area (Å²) in [7, 11) is 0. The van der Waals surface area contributed by atoms with Gasteiger partial charge < -0.3 is 18.3 Å². The third-order valence-electron chi connectivity index (χ3n) is 5.81. The summed E-state index contributed by atoms with van der Waals surface area (Å²) < 4.78 is 15.6. The molecule has 3 heterocycles. The van der Waals surface area contributed by atoms with Crippen molar-refractivity contribution in [2.75, 3.05) is 0 Å². The lowest BCUT2D eigenvalue weighted by Gasteiger charge is -2.10. The van der Waals surface area contributed by atoms with E-state index in [4.69, 9.17) is 9.15 Å². The van der Waals surface area contributed by atoms with E-state index in [-0.39, 0.29) is 12.4 Å². The van der Waals surface area contributed by atoms with Gasteiger partial charge in [0, 0.05) is 29.0 Å². The van der Waals surface area contributed by atoms with Crippen LogP contribution in [0.3, 0.4) is 0 Å². The number of amides is 1. The van der Waals surface area contributed by atoms with E-state index in [0.29, 0.717) is 5.76 Å². The topological polar surface area (TPSA) is 73.7 Å². The van der Waals surface area contributed by atoms with Gasteiger partial charge in [0.15, 0.2) is 5.76 Å². The van der Waals surface area contributed by atoms with E-state index in [1.54, 1.807) is 18.3 Å². The number of furan rings is 1. The summed E-state index contributed by atoms with van der Waals surface area (Å²) in [6.45, 7) is 4.37. The molecule has 7 nitrogen and oxygen atoms in total. The quantitative estimate of drug-likeness (QED) is 0.226. The Morgan fingerprint density at radius 3 is 2.39 bits per heavy atom. The van der Waals surface area contributed by atoms with Crippen LogP contribution in [0.25, 0.3) is 11.4 Å². The molecule has 0 unspecified atom stereocenters. The van der Waals surface area contributed by atoms with Gasteiger partial charge in [0.05, 0.1) is 11.9 Å². The molecule has 0 saturated heterocycles. The van der Waals surface area contributed by atoms with Crippen LogP contribution in [0.5, 0.6) is 5.75 Å². The zero-order valence-corrected chi connectivity index (χ0v) is 20.1. The second kappa shape index (κ2) is 10.2. The van der Waals surface area contributed by atoms with Crippen molar-refractivity contribution in [2.45, 2.75) is 20.5 Å². The highest BCUT2D eigenvalue weighted by Gasteiger charge is 2.11. The molecule has 7 heteroatoms. The first kappa shape index (κ1) is 23.0. The van der Waals surface area contributed by atoms with Gasteiger partial charge in [-0.05, 0) is 86.6 Å². The number of rotatable bonds is 8. The monoisotopic (exact) mass is 478 g/mol. The Balaban J connectivity index is 1.16. The molecule has 1 N–H and O–H groups in total. The van der Waals surface area contributed by atoms with Gasteiger partial charge in [-0.15, -0.1) is 0 Å². The molecule has 0 aliphatic rings. The second-order valence-corrected chi connectivity index (χ2v) is 8.34. The van der Waals surface area contributed by atoms with E-state index < -0.39 is 5.91 Å². The highest BCUT2D eigenvalue weighted by molar-refractivity contribution is 5.92. The number of nitrogens with zero attached hydrogens (tertiary/aromatic N) is 3. The van der Waals surface area contributed by atoms with Crippen LogP contribution in [-0.2, 0) is 6.61 Å². The summed E-state index contributed by atoms with van der Waals surface area (Å²) in [5, 5.41) is 4.08. The van der Waals surface area contributed by atoms with E-state index in [9.17, 15) is 4.79 Å². The Morgan fingerprint density at radius 1 is 0.889 bits per heavy atom. The lowest BCUT2D eigenvalue weighted by Crippen LogP contribution is -2.17. The van der Waals surface area contributed by atoms with Crippen LogP contribution in [0.2, 0.25) is 0 Å². The van der Waals surface area contributed by atoms with Gasteiger partial charge in [0.25, 0.3) is 0 Å². The lowest BCUT2D eigenvalue weighted by molar-refractivity contribution is 0.0923. The molecule has 180 valence electrons. The smallest absolute Gasteiger partial charge is 0.307 e. The molecule has 1 amide bonds. The number of aromatic nitrogens is 2. The van der Waals surface area contributed by atoms with Crippen LogP contribution in [0.1, 0.15) is 33.4 Å². The van der Waals surface area contributed by atoms with Crippen molar-refractivity contribution >= 4 is 12.1 Å². The lowest BCUT2D eigenvalue weighted by atomic mass is 10.3. The second-order valence-electron chi connectivity index (χ2n) is 8.34. The van der Waals surface area contributed by atoms with Crippen molar-refractivity contribution < 1.29 is 13.9 Å². The van der Waals surface area contributed by atoms with E-state index in [1.807, 2.05) is 77.5 Å². The number of ether oxygens (including phenoxy) is 1. The number of hydrogen-bond donors (Lipinski definition) is 1. The summed E-state index contributed by atoms with van der Waals surface area (Å²) >= 11 is 0. The molecular weight excluding hydrogens is 452 g/mol. The van der Waals surface area contributed by atoms with Gasteiger partial charge in [0.1, 0.15) is 18.1 Å². The molecule has 0 saturated carbocycles. The molecule has 0 aliphatic carbocycles. The highest BCUT2D eigenvalue weighted by Crippen LogP contribution is 2.21. The summed E-state index contributed by atoms with van der Waals surface area (Å²) in [4.78, 5) is 12.5. The maximum atomic E-state index is 12.5. The van der Waals surface area contributed by atoms with Crippen molar-refractivity contribution in [3.63, 3.8) is 0 Å². The molecule has 5 aromatic rings. The SMILES string of the molecule is Cc1ccc(C)n1-c1ccc(OCc2ccc(C(=O)NN=Cc3cccn3-c3ccccc3)o2)cc1. The predicted octanol–water partition coefficient (Wildman–Crippen LogP) is 5.82. The minimum atomic E-state index is -0.433. The molecule has 2 aromatic carbocycles. The number of benzene rings is 2. The molecule has 3 aromatic heterocycles. The van der Waals surface area contributed by atoms with Gasteiger partial charge in [-0.2, -0.15) is 5.10 Å². The molecule has 0 bridgehead atoms. The van der Waals surface area contributed by atoms with Crippen molar-refractivity contribution in [3.8, 4) is 17.1 Å². The van der Waals surface area contributed by atoms with Gasteiger partial charge in [0.2, 0.25) is 0 Å². The first-order valence-corrected chi connectivity index (χ1v) is 11.6. The van der Waals surface area contributed by atoms with Crippen LogP contribution >= 0.6 is 0 Å². The predicted molar refractivity (Wildman–Crippen MR) is 139 cm³/mol. The summed E-state index contributed by atoms with van der Waals surface area (Å²) in [5.41, 5.74) is 7.79. The van der Waals surface area contributed by atoms with Crippen molar-refractivity contribution in [1.82, 2.24) is 14.6 Å². The Hall–Kier alpha value is -4.78. The first-order valence-electron chi connectivity index (χ1n) is 11.6. The first-order chi connectivity index (χ1) is 17.6. The van der Waals surface area contributed by atoms with E-state index >= 15 is 0 Å². The molecule has 0 spiro atoms. The standard InChI is InChI=1S/C29H26N4O3/c1-21-10-11-22(2)33(21)24-12-14-26(15-13-24)35-20-27-16-17-28(36-27)29(34)31-30-19-25-9-6-18-32(25)23-7-4-3-5-8-23/h3-19H,20H2,1-2H3,(H,31,34). The molecule has 0 radical (unpaired) electrons. The molecule has 0 atom stereocenters. The number of hydrazone groups is 1. The minimum Gasteiger partial charge on any atom is -0.486 e. The van der Waals surface area contributed by atoms with Crippen LogP contribution in [0.4, 0.5) is 0 Å². The Morgan fingerprint density at radius 2 is 1.64 bits per heavy atom. The number of aryl methyl sites for hydroxylation is 2. The summed E-state index contributed by atoms with van der Waals surface area (Å²) in [6.07, 6.45) is 3.53. The average Bonchev–Trinajstić information content (AvgIpc) is 3.64. The molecule has 0 aliphatic heterocycles. The third-order valence-corrected chi connectivity index (χ3v) is 5.81. The Labute approximate surface area is 209 Å². The average molecular weight is 479 g/mol. The molecular formula is C29H26N4O3. The Bertz CT molecular complexity index is 1470. The zero-order chi connectivity index (χ0) is 24.9. The van der Waals surface area contributed by atoms with E-state index in [0.717, 1.165) is 22.8 Å². The summed E-state index contributed by atoms with van der Waals surface area (Å²) in [5.74, 6) is 0.994. The van der Waals surface area contributed by atoms with Crippen LogP contribution < -0.4 is 10.2 Å². The van der Waals surface area contributed by atoms with Crippen molar-refractivity contribution in [3.05, 3.63) is 126 Å². The van der Waals surface area contributed by atoms with Crippen LogP contribution in [0, 0.1) is 13.8 Å². The normalized spacial score (nSPS) is 11.2. The van der Waals surface area contributed by atoms with Gasteiger partial charge in [-0.1, -0.05) is 18.2 Å². The largest absolute Gasteiger partial charge is 0.486 e.